The predicted molar refractivity (Wildman–Crippen MR) is 105 cm³/mol. The summed E-state index contributed by atoms with van der Waals surface area (Å²) in [6.07, 6.45) is 4.84. The first-order chi connectivity index (χ1) is 13.3. The number of Topliss-reactive ketones (excluding diaryl/α,β-unsaturated/α-hetero) is 1. The molecule has 9 heteroatoms. The van der Waals surface area contributed by atoms with Crippen LogP contribution in [0.3, 0.4) is 0 Å². The number of ether oxygens (including phenoxy) is 1. The summed E-state index contributed by atoms with van der Waals surface area (Å²) in [5, 5.41) is 6.38. The second-order valence-electron chi connectivity index (χ2n) is 7.32. The van der Waals surface area contributed by atoms with Gasteiger partial charge in [0.1, 0.15) is 6.26 Å². The number of pyridine rings is 1. The molecule has 0 bridgehead atoms. The van der Waals surface area contributed by atoms with E-state index in [0.29, 0.717) is 23.0 Å². The second kappa shape index (κ2) is 9.95. The molecule has 28 heavy (non-hydrogen) atoms. The minimum absolute atomic E-state index is 0.210. The zero-order valence-electron chi connectivity index (χ0n) is 16.6. The van der Waals surface area contributed by atoms with Crippen LogP contribution in [-0.2, 0) is 4.79 Å². The molecule has 2 heterocycles. The minimum atomic E-state index is -0.677. The molecule has 0 aliphatic heterocycles. The summed E-state index contributed by atoms with van der Waals surface area (Å²) in [5.41, 5.74) is 5.92. The van der Waals surface area contributed by atoms with Crippen molar-refractivity contribution in [3.8, 4) is 5.88 Å². The Labute approximate surface area is 164 Å². The highest BCUT2D eigenvalue weighted by molar-refractivity contribution is 5.98. The number of quaternary nitrogens is 1. The lowest BCUT2D eigenvalue weighted by Gasteiger charge is -2.22. The molecule has 0 spiro atoms. The van der Waals surface area contributed by atoms with Crippen molar-refractivity contribution in [3.05, 3.63) is 36.2 Å². The van der Waals surface area contributed by atoms with Gasteiger partial charge in [-0.05, 0) is 37.0 Å². The highest BCUT2D eigenvalue weighted by Gasteiger charge is 2.23. The number of rotatable bonds is 11. The first kappa shape index (κ1) is 21.5. The first-order valence-corrected chi connectivity index (χ1v) is 9.16. The Kier molecular flexibility index (Phi) is 7.65. The number of unbranched alkanes of at least 4 members (excludes halogenated alkanes) is 1. The van der Waals surface area contributed by atoms with Crippen LogP contribution in [-0.4, -0.2) is 62.2 Å². The van der Waals surface area contributed by atoms with Crippen LogP contribution in [0.15, 0.2) is 35.2 Å². The van der Waals surface area contributed by atoms with E-state index in [-0.39, 0.29) is 24.2 Å². The largest absolute Gasteiger partial charge is 0.467 e. The summed E-state index contributed by atoms with van der Waals surface area (Å²) in [6.45, 7) is 0.319. The summed E-state index contributed by atoms with van der Waals surface area (Å²) < 4.78 is 10.5. The second-order valence-corrected chi connectivity index (χ2v) is 7.32. The molecule has 0 saturated heterocycles. The fourth-order valence-electron chi connectivity index (χ4n) is 2.49. The summed E-state index contributed by atoms with van der Waals surface area (Å²) in [6, 6.07) is 4.34. The Morgan fingerprint density at radius 2 is 2.04 bits per heavy atom. The lowest BCUT2D eigenvalue weighted by molar-refractivity contribution is -0.123. The van der Waals surface area contributed by atoms with Crippen LogP contribution in [0.25, 0.3) is 0 Å². The maximum Gasteiger partial charge on any atom is 0.254 e. The van der Waals surface area contributed by atoms with Crippen molar-refractivity contribution in [2.24, 2.45) is 5.73 Å². The van der Waals surface area contributed by atoms with E-state index in [1.807, 2.05) is 21.1 Å². The molecule has 0 saturated carbocycles. The summed E-state index contributed by atoms with van der Waals surface area (Å²) >= 11 is 0. The molecule has 0 aliphatic carbocycles. The average Bonchev–Trinajstić information content (AvgIpc) is 3.18. The van der Waals surface area contributed by atoms with Crippen molar-refractivity contribution < 1.29 is 18.8 Å². The summed E-state index contributed by atoms with van der Waals surface area (Å²) in [4.78, 5) is 29.5. The topological polar surface area (TPSA) is 120 Å². The van der Waals surface area contributed by atoms with Crippen LogP contribution in [0.2, 0.25) is 0 Å². The lowest BCUT2D eigenvalue weighted by atomic mass is 10.0. The third kappa shape index (κ3) is 6.43. The molecule has 0 aliphatic rings. The standard InChI is InChI=1S/C19H27N5O4/c1-24(2,3)17-8-7-14(12-21-17)19(26)22-15(6-4-5-10-20)16(25)13-27-18-9-11-28-23-18/h7-9,11-12,15H,4-6,10,13,20H2,1-3H3/p+1/t15-/m0/s1. The fraction of sp³-hybridized carbons (Fsp3) is 0.474. The third-order valence-electron chi connectivity index (χ3n) is 4.11. The minimum Gasteiger partial charge on any atom is -0.467 e. The van der Waals surface area contributed by atoms with Gasteiger partial charge < -0.3 is 20.3 Å². The normalized spacial score (nSPS) is 12.4. The third-order valence-corrected chi connectivity index (χ3v) is 4.11. The number of hydrogen-bond donors (Lipinski definition) is 2. The molecule has 1 amide bonds. The quantitative estimate of drug-likeness (QED) is 0.436. The smallest absolute Gasteiger partial charge is 0.254 e. The molecule has 1 atom stereocenters. The molecule has 0 aromatic carbocycles. The average molecular weight is 390 g/mol. The maximum atomic E-state index is 12.6. The molecule has 0 fully saturated rings. The van der Waals surface area contributed by atoms with Gasteiger partial charge in [-0.2, -0.15) is 0 Å². The number of carbonyl (C=O) groups is 2. The van der Waals surface area contributed by atoms with Crippen molar-refractivity contribution in [3.63, 3.8) is 0 Å². The number of amides is 1. The molecular weight excluding hydrogens is 362 g/mol. The number of nitrogens with one attached hydrogen (secondary N) is 1. The molecule has 0 radical (unpaired) electrons. The van der Waals surface area contributed by atoms with Gasteiger partial charge in [-0.1, -0.05) is 0 Å². The molecule has 9 nitrogen and oxygen atoms in total. The number of hydrogen-bond acceptors (Lipinski definition) is 7. The van der Waals surface area contributed by atoms with E-state index in [9.17, 15) is 9.59 Å². The van der Waals surface area contributed by atoms with Gasteiger partial charge in [0.2, 0.25) is 5.82 Å². The van der Waals surface area contributed by atoms with Crippen molar-refractivity contribution in [2.45, 2.75) is 25.3 Å². The maximum absolute atomic E-state index is 12.6. The van der Waals surface area contributed by atoms with Crippen LogP contribution >= 0.6 is 0 Å². The summed E-state index contributed by atoms with van der Waals surface area (Å²) in [7, 11) is 5.97. The van der Waals surface area contributed by atoms with Crippen LogP contribution in [0.1, 0.15) is 29.6 Å². The molecule has 2 rings (SSSR count). The van der Waals surface area contributed by atoms with Gasteiger partial charge in [-0.3, -0.25) is 14.1 Å². The van der Waals surface area contributed by atoms with E-state index < -0.39 is 6.04 Å². The molecule has 0 unspecified atom stereocenters. The number of carbonyl (C=O) groups excluding carboxylic acids is 2. The van der Waals surface area contributed by atoms with E-state index in [4.69, 9.17) is 10.5 Å². The van der Waals surface area contributed by atoms with Gasteiger partial charge in [0, 0.05) is 18.3 Å². The number of aromatic nitrogens is 2. The molecule has 2 aromatic rings. The first-order valence-electron chi connectivity index (χ1n) is 9.16. The van der Waals surface area contributed by atoms with Gasteiger partial charge >= 0.3 is 0 Å². The predicted octanol–water partition coefficient (Wildman–Crippen LogP) is 1.14. The highest BCUT2D eigenvalue weighted by Crippen LogP contribution is 2.14. The number of ketones is 1. The Bertz CT molecular complexity index is 754. The zero-order chi connectivity index (χ0) is 20.6. The highest BCUT2D eigenvalue weighted by atomic mass is 16.5. The van der Waals surface area contributed by atoms with Crippen molar-refractivity contribution in [2.75, 3.05) is 34.3 Å². The van der Waals surface area contributed by atoms with Gasteiger partial charge in [0.15, 0.2) is 12.4 Å². The fourth-order valence-corrected chi connectivity index (χ4v) is 2.49. The molecule has 3 N–H and O–H groups in total. The monoisotopic (exact) mass is 390 g/mol. The summed E-state index contributed by atoms with van der Waals surface area (Å²) in [5.74, 6) is 0.450. The van der Waals surface area contributed by atoms with Crippen LogP contribution in [0.4, 0.5) is 5.82 Å². The van der Waals surface area contributed by atoms with Crippen molar-refractivity contribution >= 4 is 17.5 Å². The van der Waals surface area contributed by atoms with E-state index in [2.05, 4.69) is 20.0 Å². The van der Waals surface area contributed by atoms with Gasteiger partial charge in [0.05, 0.1) is 32.7 Å². The van der Waals surface area contributed by atoms with Crippen molar-refractivity contribution in [1.29, 1.82) is 0 Å². The van der Waals surface area contributed by atoms with E-state index in [0.717, 1.165) is 18.7 Å². The van der Waals surface area contributed by atoms with Crippen molar-refractivity contribution in [1.82, 2.24) is 19.9 Å². The lowest BCUT2D eigenvalue weighted by Crippen LogP contribution is -2.43. The Hall–Kier alpha value is -2.78. The van der Waals surface area contributed by atoms with Gasteiger partial charge in [-0.25, -0.2) is 4.98 Å². The molecular formula is C19H28N5O4+. The van der Waals surface area contributed by atoms with Gasteiger partial charge in [0.25, 0.3) is 11.8 Å². The Morgan fingerprint density at radius 1 is 1.25 bits per heavy atom. The SMILES string of the molecule is C[N+](C)(C)c1ccc(C(=O)N[C@@H](CCCCN)C(=O)COc2ccon2)cn1. The van der Waals surface area contributed by atoms with E-state index in [1.54, 1.807) is 12.1 Å². The van der Waals surface area contributed by atoms with E-state index in [1.165, 1.54) is 18.5 Å². The van der Waals surface area contributed by atoms with Crippen LogP contribution < -0.4 is 20.3 Å². The van der Waals surface area contributed by atoms with Crippen LogP contribution in [0, 0.1) is 0 Å². The number of nitrogens with zero attached hydrogens (tertiary/aromatic N) is 3. The zero-order valence-corrected chi connectivity index (χ0v) is 16.6. The van der Waals surface area contributed by atoms with Gasteiger partial charge in [-0.15, -0.1) is 0 Å². The number of nitrogens with two attached hydrogens (primary N) is 1. The Balaban J connectivity index is 2.01. The van der Waals surface area contributed by atoms with Crippen LogP contribution in [0.5, 0.6) is 5.88 Å². The van der Waals surface area contributed by atoms with E-state index >= 15 is 0 Å². The molecule has 152 valence electrons. The Morgan fingerprint density at radius 3 is 2.61 bits per heavy atom. The molecule has 2 aromatic heterocycles.